The van der Waals surface area contributed by atoms with Crippen LogP contribution >= 0.6 is 23.4 Å². The van der Waals surface area contributed by atoms with Gasteiger partial charge in [0.15, 0.2) is 11.0 Å². The predicted octanol–water partition coefficient (Wildman–Crippen LogP) is 3.55. The number of hydrazine groups is 1. The summed E-state index contributed by atoms with van der Waals surface area (Å²) in [5, 5.41) is 9.98. The minimum atomic E-state index is -0.420. The molecule has 0 fully saturated rings. The van der Waals surface area contributed by atoms with E-state index in [1.807, 2.05) is 49.0 Å². The van der Waals surface area contributed by atoms with Crippen molar-refractivity contribution in [2.75, 3.05) is 19.8 Å². The molecular formula is C23H27ClN6O2S. The highest BCUT2D eigenvalue weighted by Crippen LogP contribution is 2.26. The SMILES string of the molecule is CCC(c1nnc(SCC(=O)NNC(=O)c2ccc(Cl)cc2)n1Cc1ccccc1)N(C)C. The molecule has 0 saturated heterocycles. The van der Waals surface area contributed by atoms with Crippen LogP contribution in [0.1, 0.15) is 41.1 Å². The standard InChI is InChI=1S/C23H27ClN6O2S/c1-4-19(29(2)3)21-26-28-23(30(21)14-16-8-6-5-7-9-16)33-15-20(31)25-27-22(32)17-10-12-18(24)13-11-17/h5-13,19H,4,14-15H2,1-3H3,(H,25,31)(H,27,32). The summed E-state index contributed by atoms with van der Waals surface area (Å²) in [6.07, 6.45) is 0.877. The second kappa shape index (κ2) is 11.8. The Bertz CT molecular complexity index is 1070. The van der Waals surface area contributed by atoms with Crippen LogP contribution in [-0.2, 0) is 11.3 Å². The first-order chi connectivity index (χ1) is 15.9. The summed E-state index contributed by atoms with van der Waals surface area (Å²) in [6, 6.07) is 16.6. The molecule has 0 aliphatic carbocycles. The summed E-state index contributed by atoms with van der Waals surface area (Å²) in [5.41, 5.74) is 6.36. The lowest BCUT2D eigenvalue weighted by molar-refractivity contribution is -0.119. The third-order valence-electron chi connectivity index (χ3n) is 4.99. The highest BCUT2D eigenvalue weighted by atomic mass is 35.5. The number of carbonyl (C=O) groups is 2. The summed E-state index contributed by atoms with van der Waals surface area (Å²) in [5.74, 6) is 0.159. The molecule has 1 atom stereocenters. The summed E-state index contributed by atoms with van der Waals surface area (Å²) in [7, 11) is 4.03. The lowest BCUT2D eigenvalue weighted by Gasteiger charge is -2.23. The Morgan fingerprint density at radius 1 is 1.06 bits per heavy atom. The Labute approximate surface area is 202 Å². The molecule has 2 amide bonds. The predicted molar refractivity (Wildman–Crippen MR) is 130 cm³/mol. The molecule has 33 heavy (non-hydrogen) atoms. The number of carbonyl (C=O) groups excluding carboxylic acids is 2. The van der Waals surface area contributed by atoms with Gasteiger partial charge in [0.2, 0.25) is 5.91 Å². The van der Waals surface area contributed by atoms with Gasteiger partial charge in [-0.25, -0.2) is 0 Å². The van der Waals surface area contributed by atoms with E-state index < -0.39 is 5.91 Å². The number of nitrogens with one attached hydrogen (secondary N) is 2. The third kappa shape index (κ3) is 6.80. The fraction of sp³-hybridized carbons (Fsp3) is 0.304. The van der Waals surface area contributed by atoms with Crippen LogP contribution in [-0.4, -0.2) is 51.3 Å². The van der Waals surface area contributed by atoms with Crippen molar-refractivity contribution < 1.29 is 9.59 Å². The maximum atomic E-state index is 12.3. The Hall–Kier alpha value is -2.88. The van der Waals surface area contributed by atoms with Crippen molar-refractivity contribution in [3.8, 4) is 0 Å². The number of hydrogen-bond acceptors (Lipinski definition) is 6. The van der Waals surface area contributed by atoms with Gasteiger partial charge in [0, 0.05) is 10.6 Å². The monoisotopic (exact) mass is 486 g/mol. The van der Waals surface area contributed by atoms with Gasteiger partial charge in [-0.2, -0.15) is 0 Å². The Morgan fingerprint density at radius 2 is 1.76 bits per heavy atom. The molecule has 174 valence electrons. The van der Waals surface area contributed by atoms with E-state index in [1.54, 1.807) is 24.3 Å². The zero-order valence-electron chi connectivity index (χ0n) is 18.8. The molecular weight excluding hydrogens is 460 g/mol. The van der Waals surface area contributed by atoms with E-state index in [2.05, 4.69) is 32.9 Å². The molecule has 0 saturated carbocycles. The number of amides is 2. The fourth-order valence-electron chi connectivity index (χ4n) is 3.31. The number of hydrogen-bond donors (Lipinski definition) is 2. The number of halogens is 1. The molecule has 3 aromatic rings. The fourth-order valence-corrected chi connectivity index (χ4v) is 4.18. The number of thioether (sulfide) groups is 1. The maximum absolute atomic E-state index is 12.3. The van der Waals surface area contributed by atoms with E-state index >= 15 is 0 Å². The summed E-state index contributed by atoms with van der Waals surface area (Å²) < 4.78 is 2.05. The Balaban J connectivity index is 1.66. The molecule has 1 unspecified atom stereocenters. The van der Waals surface area contributed by atoms with Gasteiger partial charge in [0.1, 0.15) is 0 Å². The highest BCUT2D eigenvalue weighted by molar-refractivity contribution is 7.99. The van der Waals surface area contributed by atoms with Crippen molar-refractivity contribution in [1.82, 2.24) is 30.5 Å². The van der Waals surface area contributed by atoms with Gasteiger partial charge in [0.25, 0.3) is 5.91 Å². The zero-order chi connectivity index (χ0) is 23.8. The molecule has 3 rings (SSSR count). The van der Waals surface area contributed by atoms with Gasteiger partial charge >= 0.3 is 0 Å². The molecule has 0 spiro atoms. The van der Waals surface area contributed by atoms with Crippen LogP contribution in [0.3, 0.4) is 0 Å². The van der Waals surface area contributed by atoms with Crippen LogP contribution in [0.15, 0.2) is 59.8 Å². The van der Waals surface area contributed by atoms with Gasteiger partial charge in [0.05, 0.1) is 18.3 Å². The van der Waals surface area contributed by atoms with Crippen molar-refractivity contribution in [2.45, 2.75) is 31.1 Å². The smallest absolute Gasteiger partial charge is 0.269 e. The van der Waals surface area contributed by atoms with Gasteiger partial charge in [-0.15, -0.1) is 10.2 Å². The van der Waals surface area contributed by atoms with Crippen LogP contribution in [0.4, 0.5) is 0 Å². The average Bonchev–Trinajstić information content (AvgIpc) is 3.19. The van der Waals surface area contributed by atoms with E-state index in [0.29, 0.717) is 22.3 Å². The van der Waals surface area contributed by atoms with Gasteiger partial charge < -0.3 is 4.57 Å². The summed E-state index contributed by atoms with van der Waals surface area (Å²) >= 11 is 7.11. The van der Waals surface area contributed by atoms with Crippen LogP contribution in [0.2, 0.25) is 5.02 Å². The summed E-state index contributed by atoms with van der Waals surface area (Å²) in [4.78, 5) is 26.6. The molecule has 10 heteroatoms. The van der Waals surface area contributed by atoms with E-state index in [1.165, 1.54) is 11.8 Å². The van der Waals surface area contributed by atoms with Crippen LogP contribution in [0, 0.1) is 0 Å². The van der Waals surface area contributed by atoms with Crippen molar-refractivity contribution in [3.63, 3.8) is 0 Å². The molecule has 0 radical (unpaired) electrons. The number of benzene rings is 2. The molecule has 1 heterocycles. The van der Waals surface area contributed by atoms with Gasteiger partial charge in [-0.1, -0.05) is 60.6 Å². The van der Waals surface area contributed by atoms with Crippen LogP contribution in [0.5, 0.6) is 0 Å². The minimum Gasteiger partial charge on any atom is -0.300 e. The zero-order valence-corrected chi connectivity index (χ0v) is 20.4. The van der Waals surface area contributed by atoms with Gasteiger partial charge in [-0.3, -0.25) is 25.3 Å². The molecule has 0 bridgehead atoms. The molecule has 2 N–H and O–H groups in total. The van der Waals surface area contributed by atoms with Crippen molar-refractivity contribution in [3.05, 3.63) is 76.6 Å². The van der Waals surface area contributed by atoms with Gasteiger partial charge in [-0.05, 0) is 50.3 Å². The number of rotatable bonds is 9. The van der Waals surface area contributed by atoms with E-state index in [-0.39, 0.29) is 17.7 Å². The third-order valence-corrected chi connectivity index (χ3v) is 6.21. The van der Waals surface area contributed by atoms with Crippen LogP contribution < -0.4 is 10.9 Å². The second-order valence-electron chi connectivity index (χ2n) is 7.60. The normalized spacial score (nSPS) is 11.9. The van der Waals surface area contributed by atoms with E-state index in [9.17, 15) is 9.59 Å². The van der Waals surface area contributed by atoms with E-state index in [4.69, 9.17) is 11.6 Å². The topological polar surface area (TPSA) is 92.1 Å². The van der Waals surface area contributed by atoms with Crippen molar-refractivity contribution in [1.29, 1.82) is 0 Å². The Morgan fingerprint density at radius 3 is 2.39 bits per heavy atom. The molecule has 0 aliphatic rings. The molecule has 0 aliphatic heterocycles. The number of aromatic nitrogens is 3. The lowest BCUT2D eigenvalue weighted by atomic mass is 10.2. The molecule has 1 aromatic heterocycles. The first-order valence-electron chi connectivity index (χ1n) is 10.5. The second-order valence-corrected chi connectivity index (χ2v) is 8.98. The summed E-state index contributed by atoms with van der Waals surface area (Å²) in [6.45, 7) is 2.71. The lowest BCUT2D eigenvalue weighted by Crippen LogP contribution is -2.42. The van der Waals surface area contributed by atoms with E-state index in [0.717, 1.165) is 17.8 Å². The number of nitrogens with zero attached hydrogens (tertiary/aromatic N) is 4. The average molecular weight is 487 g/mol. The minimum absolute atomic E-state index is 0.0760. The highest BCUT2D eigenvalue weighted by Gasteiger charge is 2.22. The Kier molecular flexibility index (Phi) is 8.87. The van der Waals surface area contributed by atoms with Crippen LogP contribution in [0.25, 0.3) is 0 Å². The molecule has 8 nitrogen and oxygen atoms in total. The quantitative estimate of drug-likeness (QED) is 0.355. The molecule has 2 aromatic carbocycles. The maximum Gasteiger partial charge on any atom is 0.269 e. The largest absolute Gasteiger partial charge is 0.300 e. The first-order valence-corrected chi connectivity index (χ1v) is 11.9. The van der Waals surface area contributed by atoms with Crippen molar-refractivity contribution >= 4 is 35.2 Å². The van der Waals surface area contributed by atoms with Crippen molar-refractivity contribution in [2.24, 2.45) is 0 Å². The first kappa shape index (κ1) is 24.8.